The average Bonchev–Trinajstić information content (AvgIpc) is 2.53. The summed E-state index contributed by atoms with van der Waals surface area (Å²) in [7, 11) is -4.46. The molecule has 2 rings (SSSR count). The molecule has 2 aromatic rings. The molecule has 1 atom stereocenters. The molecule has 1 unspecified atom stereocenters. The van der Waals surface area contributed by atoms with Crippen molar-refractivity contribution in [3.63, 3.8) is 0 Å². The second-order valence-corrected chi connectivity index (χ2v) is 5.89. The first-order valence-electron chi connectivity index (χ1n) is 6.18. The van der Waals surface area contributed by atoms with Crippen LogP contribution in [0.1, 0.15) is 11.8 Å². The van der Waals surface area contributed by atoms with E-state index in [1.165, 1.54) is 36.4 Å². The number of para-hydroxylation sites is 1. The molecule has 23 heavy (non-hydrogen) atoms. The lowest BCUT2D eigenvalue weighted by Gasteiger charge is -2.11. The van der Waals surface area contributed by atoms with Crippen molar-refractivity contribution in [3.05, 3.63) is 80.4 Å². The van der Waals surface area contributed by atoms with Crippen LogP contribution in [-0.4, -0.2) is 18.3 Å². The number of nitro groups is 2. The molecule has 0 bridgehead atoms. The number of benzene rings is 2. The maximum Gasteiger partial charge on any atom is 0.362 e. The molecule has 0 aromatic heterocycles. The lowest BCUT2D eigenvalue weighted by atomic mass is 10.1. The van der Waals surface area contributed by atoms with Crippen LogP contribution in [0.25, 0.3) is 0 Å². The molecule has 0 aliphatic carbocycles. The summed E-state index contributed by atoms with van der Waals surface area (Å²) in [5.41, 5.74) is -1.06. The fourth-order valence-electron chi connectivity index (χ4n) is 1.83. The van der Waals surface area contributed by atoms with Crippen LogP contribution in [0.5, 0.6) is 0 Å². The van der Waals surface area contributed by atoms with Gasteiger partial charge < -0.3 is 0 Å². The summed E-state index contributed by atoms with van der Waals surface area (Å²) in [5, 5.41) is 22.1. The van der Waals surface area contributed by atoms with Gasteiger partial charge in [-0.15, -0.1) is 0 Å². The Kier molecular flexibility index (Phi) is 4.67. The second kappa shape index (κ2) is 6.50. The van der Waals surface area contributed by atoms with Crippen molar-refractivity contribution in [1.82, 2.24) is 0 Å². The first-order valence-corrected chi connectivity index (χ1v) is 7.59. The van der Waals surface area contributed by atoms with Gasteiger partial charge in [0, 0.05) is 6.07 Å². The van der Waals surface area contributed by atoms with Crippen LogP contribution in [0, 0.1) is 20.2 Å². The maximum absolute atomic E-state index is 12.1. The van der Waals surface area contributed by atoms with Crippen LogP contribution in [0.2, 0.25) is 0 Å². The molecule has 0 radical (unpaired) electrons. The van der Waals surface area contributed by atoms with Gasteiger partial charge in [-0.05, 0) is 18.2 Å². The average molecular weight is 338 g/mol. The van der Waals surface area contributed by atoms with E-state index >= 15 is 0 Å². The largest absolute Gasteiger partial charge is 0.362 e. The fraction of sp³-hybridized carbons (Fsp3) is 0.0769. The van der Waals surface area contributed by atoms with Crippen LogP contribution >= 0.6 is 0 Å². The van der Waals surface area contributed by atoms with Crippen LogP contribution in [0.15, 0.2) is 59.5 Å². The van der Waals surface area contributed by atoms with Crippen molar-refractivity contribution in [2.45, 2.75) is 11.1 Å². The van der Waals surface area contributed by atoms with Crippen LogP contribution in [-0.2, 0) is 14.3 Å². The smallest absolute Gasteiger partial charge is 0.261 e. The van der Waals surface area contributed by atoms with Crippen molar-refractivity contribution < 1.29 is 22.4 Å². The minimum Gasteiger partial charge on any atom is -0.261 e. The highest BCUT2D eigenvalue weighted by molar-refractivity contribution is 7.86. The van der Waals surface area contributed by atoms with E-state index in [1.807, 2.05) is 0 Å². The number of nitrogens with zero attached hydrogens (tertiary/aromatic N) is 2. The van der Waals surface area contributed by atoms with Gasteiger partial charge in [0.05, 0.1) is 14.7 Å². The Balaban J connectivity index is 2.46. The highest BCUT2D eigenvalue weighted by atomic mass is 32.2. The highest BCUT2D eigenvalue weighted by Gasteiger charge is 2.36. The standard InChI is InChI=1S/C13H10N2O7S/c16-14(17)12-9-5-4-8-11(12)13(15(18)19)22-23(20,21)10-6-2-1-3-7-10/h1-9,13H. The molecule has 10 heteroatoms. The normalized spacial score (nSPS) is 12.5. The first kappa shape index (κ1) is 16.5. The Morgan fingerprint density at radius 3 is 2.04 bits per heavy atom. The number of hydrogen-bond acceptors (Lipinski definition) is 7. The predicted molar refractivity (Wildman–Crippen MR) is 77.5 cm³/mol. The van der Waals surface area contributed by atoms with Crippen molar-refractivity contribution >= 4 is 15.8 Å². The summed E-state index contributed by atoms with van der Waals surface area (Å²) in [6.45, 7) is 0. The molecule has 0 spiro atoms. The number of nitro benzene ring substituents is 1. The Morgan fingerprint density at radius 2 is 1.48 bits per heavy atom. The third kappa shape index (κ3) is 3.67. The molecule has 0 aliphatic rings. The van der Waals surface area contributed by atoms with Crippen molar-refractivity contribution in [3.8, 4) is 0 Å². The lowest BCUT2D eigenvalue weighted by Crippen LogP contribution is -2.20. The van der Waals surface area contributed by atoms with E-state index < -0.39 is 37.4 Å². The second-order valence-electron chi connectivity index (χ2n) is 4.32. The molecule has 9 nitrogen and oxygen atoms in total. The predicted octanol–water partition coefficient (Wildman–Crippen LogP) is 2.28. The zero-order valence-electron chi connectivity index (χ0n) is 11.4. The quantitative estimate of drug-likeness (QED) is 0.342. The van der Waals surface area contributed by atoms with E-state index in [-0.39, 0.29) is 4.90 Å². The van der Waals surface area contributed by atoms with Gasteiger partial charge in [0.1, 0.15) is 5.56 Å². The summed E-state index contributed by atoms with van der Waals surface area (Å²) in [4.78, 5) is 20.0. The van der Waals surface area contributed by atoms with Crippen LogP contribution in [0.3, 0.4) is 0 Å². The van der Waals surface area contributed by atoms with Gasteiger partial charge in [-0.3, -0.25) is 20.2 Å². The van der Waals surface area contributed by atoms with Gasteiger partial charge in [-0.2, -0.15) is 12.6 Å². The molecule has 2 aromatic carbocycles. The fourth-order valence-corrected chi connectivity index (χ4v) is 2.84. The summed E-state index contributed by atoms with van der Waals surface area (Å²) in [6.07, 6.45) is -2.22. The SMILES string of the molecule is O=[N+]([O-])c1ccccc1C(OS(=O)(=O)c1ccccc1)[N+](=O)[O-]. The summed E-state index contributed by atoms with van der Waals surface area (Å²) in [6, 6.07) is 11.5. The van der Waals surface area contributed by atoms with Gasteiger partial charge >= 0.3 is 16.3 Å². The van der Waals surface area contributed by atoms with Crippen molar-refractivity contribution in [2.75, 3.05) is 0 Å². The molecule has 0 N–H and O–H groups in total. The molecule has 0 fully saturated rings. The van der Waals surface area contributed by atoms with E-state index in [9.17, 15) is 28.6 Å². The van der Waals surface area contributed by atoms with Crippen LogP contribution in [0.4, 0.5) is 5.69 Å². The summed E-state index contributed by atoms with van der Waals surface area (Å²) in [5.74, 6) is 0. The molecule has 0 heterocycles. The van der Waals surface area contributed by atoms with Gasteiger partial charge in [0.25, 0.3) is 5.69 Å². The summed E-state index contributed by atoms with van der Waals surface area (Å²) >= 11 is 0. The summed E-state index contributed by atoms with van der Waals surface area (Å²) < 4.78 is 28.8. The third-order valence-electron chi connectivity index (χ3n) is 2.84. The van der Waals surface area contributed by atoms with E-state index in [0.717, 1.165) is 12.1 Å². The Bertz CT molecular complexity index is 836. The van der Waals surface area contributed by atoms with E-state index in [0.29, 0.717) is 0 Å². The molecule has 0 amide bonds. The van der Waals surface area contributed by atoms with Crippen LogP contribution < -0.4 is 0 Å². The molecule has 0 saturated carbocycles. The molecule has 120 valence electrons. The molecular formula is C13H10N2O7S. The number of hydrogen-bond donors (Lipinski definition) is 0. The van der Waals surface area contributed by atoms with E-state index in [4.69, 9.17) is 0 Å². The zero-order chi connectivity index (χ0) is 17.0. The van der Waals surface area contributed by atoms with Crippen molar-refractivity contribution in [2.24, 2.45) is 0 Å². The van der Waals surface area contributed by atoms with Gasteiger partial charge in [0.2, 0.25) is 0 Å². The van der Waals surface area contributed by atoms with Gasteiger partial charge in [-0.25, -0.2) is 0 Å². The molecule has 0 saturated heterocycles. The highest BCUT2D eigenvalue weighted by Crippen LogP contribution is 2.30. The van der Waals surface area contributed by atoms with E-state index in [1.54, 1.807) is 6.07 Å². The Labute approximate surface area is 130 Å². The van der Waals surface area contributed by atoms with E-state index in [2.05, 4.69) is 4.18 Å². The Morgan fingerprint density at radius 1 is 0.913 bits per heavy atom. The Hall–Kier alpha value is -2.85. The third-order valence-corrected chi connectivity index (χ3v) is 4.13. The molecular weight excluding hydrogens is 328 g/mol. The topological polar surface area (TPSA) is 130 Å². The minimum absolute atomic E-state index is 0.287. The zero-order valence-corrected chi connectivity index (χ0v) is 12.3. The monoisotopic (exact) mass is 338 g/mol. The van der Waals surface area contributed by atoms with Crippen molar-refractivity contribution in [1.29, 1.82) is 0 Å². The van der Waals surface area contributed by atoms with Gasteiger partial charge in [-0.1, -0.05) is 30.3 Å². The van der Waals surface area contributed by atoms with Gasteiger partial charge in [0.15, 0.2) is 0 Å². The number of rotatable bonds is 6. The molecule has 0 aliphatic heterocycles. The maximum atomic E-state index is 12.1. The first-order chi connectivity index (χ1) is 10.8. The lowest BCUT2D eigenvalue weighted by molar-refractivity contribution is -0.571. The minimum atomic E-state index is -4.46.